The van der Waals surface area contributed by atoms with Crippen LogP contribution in [0.2, 0.25) is 0 Å². The van der Waals surface area contributed by atoms with Crippen molar-refractivity contribution in [3.05, 3.63) is 0 Å². The van der Waals surface area contributed by atoms with Gasteiger partial charge in [-0.3, -0.25) is 0 Å². The number of rotatable bonds is 3. The quantitative estimate of drug-likeness (QED) is 0.736. The van der Waals surface area contributed by atoms with Gasteiger partial charge in [0.1, 0.15) is 9.92 Å². The van der Waals surface area contributed by atoms with E-state index in [1.54, 1.807) is 18.2 Å². The van der Waals surface area contributed by atoms with E-state index in [2.05, 4.69) is 0 Å². The molecule has 2 fully saturated rings. The largest absolute Gasteiger partial charge is 0.387 e. The van der Waals surface area contributed by atoms with Crippen LogP contribution >= 0.6 is 0 Å². The monoisotopic (exact) mass is 218 g/mol. The van der Waals surface area contributed by atoms with E-state index in [0.29, 0.717) is 19.0 Å². The van der Waals surface area contributed by atoms with Gasteiger partial charge in [-0.1, -0.05) is 0 Å². The highest BCUT2D eigenvalue weighted by atomic mass is 32.2. The molecule has 0 spiro atoms. The topological polar surface area (TPSA) is 64.4 Å². The number of aliphatic hydroxyl groups is 1. The molecular formula is C9H18N2O2S. The van der Waals surface area contributed by atoms with E-state index in [-0.39, 0.29) is 5.25 Å². The molecule has 5 heteroatoms. The lowest BCUT2D eigenvalue weighted by Gasteiger charge is -2.47. The van der Waals surface area contributed by atoms with Crippen molar-refractivity contribution in [1.29, 1.82) is 4.78 Å². The summed E-state index contributed by atoms with van der Waals surface area (Å²) in [7, 11) is -2.64. The summed E-state index contributed by atoms with van der Waals surface area (Å²) < 4.78 is 21.2. The molecule has 0 bridgehead atoms. The van der Waals surface area contributed by atoms with Crippen LogP contribution < -0.4 is 0 Å². The van der Waals surface area contributed by atoms with Gasteiger partial charge < -0.3 is 5.11 Å². The minimum atomic E-state index is -2.64. The van der Waals surface area contributed by atoms with Crippen LogP contribution in [0.25, 0.3) is 0 Å². The Morgan fingerprint density at radius 1 is 1.50 bits per heavy atom. The van der Waals surface area contributed by atoms with Crippen LogP contribution in [0.15, 0.2) is 0 Å². The van der Waals surface area contributed by atoms with Crippen LogP contribution in [0.3, 0.4) is 0 Å². The van der Waals surface area contributed by atoms with Gasteiger partial charge in [0.25, 0.3) is 0 Å². The second kappa shape index (κ2) is 2.93. The molecule has 4 nitrogen and oxygen atoms in total. The second-order valence-corrected chi connectivity index (χ2v) is 7.39. The molecule has 1 unspecified atom stereocenters. The molecule has 0 aromatic carbocycles. The third-order valence-electron chi connectivity index (χ3n) is 3.26. The first kappa shape index (κ1) is 10.4. The molecule has 1 aliphatic carbocycles. The van der Waals surface area contributed by atoms with Crippen LogP contribution in [-0.2, 0) is 9.92 Å². The van der Waals surface area contributed by atoms with Crippen LogP contribution in [0.5, 0.6) is 0 Å². The highest BCUT2D eigenvalue weighted by molar-refractivity contribution is 7.90. The molecule has 0 amide bonds. The van der Waals surface area contributed by atoms with Crippen molar-refractivity contribution in [2.75, 3.05) is 13.1 Å². The third-order valence-corrected chi connectivity index (χ3v) is 5.56. The fraction of sp³-hybridized carbons (Fsp3) is 1.00. The van der Waals surface area contributed by atoms with E-state index < -0.39 is 15.5 Å². The first-order chi connectivity index (χ1) is 6.36. The minimum absolute atomic E-state index is 0.161. The van der Waals surface area contributed by atoms with Crippen molar-refractivity contribution < 1.29 is 9.32 Å². The predicted octanol–water partition coefficient (Wildman–Crippen LogP) is 0.813. The van der Waals surface area contributed by atoms with Crippen molar-refractivity contribution >= 4 is 9.92 Å². The third kappa shape index (κ3) is 1.47. The van der Waals surface area contributed by atoms with E-state index in [9.17, 15) is 9.32 Å². The number of β-amino-alcohol motifs (C(OH)–C–C–N with tert-alkyl or cyclic N) is 1. The van der Waals surface area contributed by atoms with Crippen molar-refractivity contribution in [3.63, 3.8) is 0 Å². The van der Waals surface area contributed by atoms with E-state index in [1.165, 1.54) is 0 Å². The molecule has 1 saturated heterocycles. The second-order valence-electron chi connectivity index (χ2n) is 4.79. The molecule has 2 aliphatic rings. The van der Waals surface area contributed by atoms with E-state index in [0.717, 1.165) is 12.8 Å². The van der Waals surface area contributed by atoms with Crippen LogP contribution in [0, 0.1) is 10.7 Å². The Bertz CT molecular complexity index is 327. The zero-order valence-corrected chi connectivity index (χ0v) is 9.51. The molecule has 1 heterocycles. The molecule has 14 heavy (non-hydrogen) atoms. The van der Waals surface area contributed by atoms with E-state index in [4.69, 9.17) is 4.78 Å². The molecule has 0 aromatic heterocycles. The molecule has 1 atom stereocenters. The summed E-state index contributed by atoms with van der Waals surface area (Å²) in [5.41, 5.74) is -0.626. The van der Waals surface area contributed by atoms with Crippen molar-refractivity contribution in [2.45, 2.75) is 37.5 Å². The summed E-state index contributed by atoms with van der Waals surface area (Å²) in [5.74, 6) is 0.404. The Labute approximate surface area is 85.4 Å². The minimum Gasteiger partial charge on any atom is -0.387 e. The van der Waals surface area contributed by atoms with Gasteiger partial charge in [-0.2, -0.15) is 0 Å². The van der Waals surface area contributed by atoms with Gasteiger partial charge in [0.2, 0.25) is 0 Å². The van der Waals surface area contributed by atoms with Crippen molar-refractivity contribution in [1.82, 2.24) is 4.31 Å². The van der Waals surface area contributed by atoms with E-state index >= 15 is 0 Å². The standard InChI is InChI=1S/C9H18N2O2S/c1-7(2)14(10,13)11-5-9(12,6-11)8-3-4-8/h7-8,10,12H,3-6H2,1-2H3. The fourth-order valence-corrected chi connectivity index (χ4v) is 3.36. The summed E-state index contributed by atoms with van der Waals surface area (Å²) in [4.78, 5) is 0. The molecule has 1 aliphatic heterocycles. The maximum absolute atomic E-state index is 11.9. The summed E-state index contributed by atoms with van der Waals surface area (Å²) in [6, 6.07) is 0. The van der Waals surface area contributed by atoms with E-state index in [1.807, 2.05) is 0 Å². The molecular weight excluding hydrogens is 200 g/mol. The summed E-state index contributed by atoms with van der Waals surface area (Å²) in [6.45, 7) is 4.45. The summed E-state index contributed by atoms with van der Waals surface area (Å²) >= 11 is 0. The molecule has 82 valence electrons. The Morgan fingerprint density at radius 3 is 2.36 bits per heavy atom. The maximum atomic E-state index is 11.9. The first-order valence-electron chi connectivity index (χ1n) is 5.11. The predicted molar refractivity (Wildman–Crippen MR) is 55.2 cm³/mol. The highest BCUT2D eigenvalue weighted by Gasteiger charge is 2.54. The van der Waals surface area contributed by atoms with Gasteiger partial charge in [0.05, 0.1) is 10.9 Å². The lowest BCUT2D eigenvalue weighted by molar-refractivity contribution is -0.0755. The number of nitrogens with zero attached hydrogens (tertiary/aromatic N) is 1. The Hall–Kier alpha value is -0.130. The Morgan fingerprint density at radius 2 is 2.00 bits per heavy atom. The van der Waals surface area contributed by atoms with Crippen molar-refractivity contribution in [3.8, 4) is 0 Å². The summed E-state index contributed by atoms with van der Waals surface area (Å²) in [6.07, 6.45) is 2.18. The zero-order valence-electron chi connectivity index (χ0n) is 8.69. The zero-order chi connectivity index (χ0) is 10.6. The van der Waals surface area contributed by atoms with Gasteiger partial charge in [0.15, 0.2) is 0 Å². The molecule has 2 N–H and O–H groups in total. The summed E-state index contributed by atoms with van der Waals surface area (Å²) in [5, 5.41) is 9.85. The smallest absolute Gasteiger partial charge is 0.110 e. The maximum Gasteiger partial charge on any atom is 0.110 e. The normalized spacial score (nSPS) is 31.1. The fourth-order valence-electron chi connectivity index (χ4n) is 1.93. The van der Waals surface area contributed by atoms with Gasteiger partial charge in [-0.25, -0.2) is 13.3 Å². The van der Waals surface area contributed by atoms with Gasteiger partial charge >= 0.3 is 0 Å². The number of hydrogen-bond acceptors (Lipinski definition) is 3. The molecule has 0 radical (unpaired) electrons. The van der Waals surface area contributed by atoms with Gasteiger partial charge in [-0.05, 0) is 32.6 Å². The Balaban J connectivity index is 2.00. The van der Waals surface area contributed by atoms with Crippen molar-refractivity contribution in [2.24, 2.45) is 5.92 Å². The molecule has 1 saturated carbocycles. The lowest BCUT2D eigenvalue weighted by atomic mass is 9.91. The number of nitrogens with one attached hydrogen (secondary N) is 1. The average Bonchev–Trinajstić information content (AvgIpc) is 2.80. The van der Waals surface area contributed by atoms with Gasteiger partial charge in [-0.15, -0.1) is 0 Å². The van der Waals surface area contributed by atoms with Crippen LogP contribution in [-0.4, -0.2) is 37.6 Å². The lowest BCUT2D eigenvalue weighted by Crippen LogP contribution is -2.65. The first-order valence-corrected chi connectivity index (χ1v) is 6.69. The molecule has 0 aromatic rings. The Kier molecular flexibility index (Phi) is 2.18. The number of hydrogen-bond donors (Lipinski definition) is 2. The highest BCUT2D eigenvalue weighted by Crippen LogP contribution is 2.45. The van der Waals surface area contributed by atoms with Crippen LogP contribution in [0.1, 0.15) is 26.7 Å². The van der Waals surface area contributed by atoms with Crippen LogP contribution in [0.4, 0.5) is 0 Å². The SMILES string of the molecule is CC(C)S(=N)(=O)N1CC(O)(C2CC2)C1. The van der Waals surface area contributed by atoms with Gasteiger partial charge in [0, 0.05) is 13.1 Å². The average molecular weight is 218 g/mol. The molecule has 2 rings (SSSR count).